The number of hydrogen-bond donors (Lipinski definition) is 1. The summed E-state index contributed by atoms with van der Waals surface area (Å²) in [5.41, 5.74) is 3.73. The molecule has 0 radical (unpaired) electrons. The topological polar surface area (TPSA) is 128 Å². The number of carbonyl (C=O) groups excluding carboxylic acids is 2. The highest BCUT2D eigenvalue weighted by atomic mass is 16.6. The molecule has 0 saturated carbocycles. The first-order chi connectivity index (χ1) is 16.5. The van der Waals surface area contributed by atoms with Crippen LogP contribution in [0.5, 0.6) is 5.75 Å². The van der Waals surface area contributed by atoms with E-state index in [0.717, 1.165) is 16.5 Å². The number of hydrogen-bond acceptors (Lipinski definition) is 7. The normalized spacial score (nSPS) is 13.8. The van der Waals surface area contributed by atoms with Crippen LogP contribution in [0.15, 0.2) is 59.8 Å². The number of nitrogens with one attached hydrogen (secondary N) is 1. The van der Waals surface area contributed by atoms with Gasteiger partial charge in [-0.15, -0.1) is 0 Å². The monoisotopic (exact) mass is 465 g/mol. The third kappa shape index (κ3) is 5.38. The summed E-state index contributed by atoms with van der Waals surface area (Å²) < 4.78 is 12.4. The molecule has 2 heterocycles. The molecule has 1 N–H and O–H groups in total. The highest BCUT2D eigenvalue weighted by Gasteiger charge is 2.18. The number of hydrazone groups is 1. The number of carbonyl (C=O) groups is 2. The Morgan fingerprint density at radius 3 is 2.68 bits per heavy atom. The summed E-state index contributed by atoms with van der Waals surface area (Å²) in [6.45, 7) is 1.98. The molecule has 176 valence electrons. The lowest BCUT2D eigenvalue weighted by molar-refractivity contribution is -0.385. The van der Waals surface area contributed by atoms with Crippen molar-refractivity contribution >= 4 is 34.6 Å². The smallest absolute Gasteiger partial charge is 0.310 e. The molecule has 1 fully saturated rings. The lowest BCUT2D eigenvalue weighted by atomic mass is 10.2. The zero-order valence-electron chi connectivity index (χ0n) is 18.3. The Morgan fingerprint density at radius 2 is 1.88 bits per heavy atom. The second-order valence-electron chi connectivity index (χ2n) is 7.53. The Balaban J connectivity index is 1.40. The number of aromatic nitrogens is 1. The molecule has 1 saturated heterocycles. The third-order valence-electron chi connectivity index (χ3n) is 5.30. The fourth-order valence-electron chi connectivity index (χ4n) is 3.65. The Kier molecular flexibility index (Phi) is 7.13. The molecule has 0 aliphatic carbocycles. The number of rotatable bonds is 8. The average Bonchev–Trinajstić information content (AvgIpc) is 3.20. The molecule has 2 amide bonds. The number of nitrogens with zero attached hydrogens (tertiary/aromatic N) is 4. The van der Waals surface area contributed by atoms with Crippen LogP contribution >= 0.6 is 0 Å². The predicted octanol–water partition coefficient (Wildman–Crippen LogP) is 1.94. The molecule has 1 aromatic heterocycles. The summed E-state index contributed by atoms with van der Waals surface area (Å²) in [6, 6.07) is 13.4. The molecule has 11 nitrogen and oxygen atoms in total. The van der Waals surface area contributed by atoms with E-state index in [-0.39, 0.29) is 23.9 Å². The van der Waals surface area contributed by atoms with Crippen molar-refractivity contribution in [2.75, 3.05) is 32.9 Å². The van der Waals surface area contributed by atoms with Crippen LogP contribution in [0.2, 0.25) is 0 Å². The van der Waals surface area contributed by atoms with Gasteiger partial charge in [0.05, 0.1) is 24.4 Å². The van der Waals surface area contributed by atoms with Gasteiger partial charge in [0.25, 0.3) is 5.91 Å². The number of amides is 2. The van der Waals surface area contributed by atoms with Crippen molar-refractivity contribution in [1.82, 2.24) is 14.9 Å². The minimum Gasteiger partial charge on any atom is -0.477 e. The number of morpholine rings is 1. The quantitative estimate of drug-likeness (QED) is 0.308. The summed E-state index contributed by atoms with van der Waals surface area (Å²) in [5, 5.41) is 15.9. The van der Waals surface area contributed by atoms with Gasteiger partial charge in [0.2, 0.25) is 5.91 Å². The van der Waals surface area contributed by atoms with Crippen molar-refractivity contribution in [3.63, 3.8) is 0 Å². The SMILES string of the molecule is O=C(COc1ccccc1[N+](=O)[O-])N/N=C/c1cn(CC(=O)N2CCOCC2)c2ccccc12. The van der Waals surface area contributed by atoms with Crippen LogP contribution in [0, 0.1) is 10.1 Å². The van der Waals surface area contributed by atoms with E-state index >= 15 is 0 Å². The molecular formula is C23H23N5O6. The van der Waals surface area contributed by atoms with Crippen LogP contribution in [0.4, 0.5) is 5.69 Å². The lowest BCUT2D eigenvalue weighted by Gasteiger charge is -2.27. The second-order valence-corrected chi connectivity index (χ2v) is 7.53. The molecule has 3 aromatic rings. The first-order valence-electron chi connectivity index (χ1n) is 10.6. The first kappa shape index (κ1) is 22.9. The van der Waals surface area contributed by atoms with Gasteiger partial charge < -0.3 is 18.9 Å². The van der Waals surface area contributed by atoms with Gasteiger partial charge >= 0.3 is 5.69 Å². The molecule has 4 rings (SSSR count). The maximum Gasteiger partial charge on any atom is 0.310 e. The molecule has 34 heavy (non-hydrogen) atoms. The van der Waals surface area contributed by atoms with Crippen LogP contribution in [-0.2, 0) is 20.9 Å². The zero-order valence-corrected chi connectivity index (χ0v) is 18.3. The molecule has 0 atom stereocenters. The summed E-state index contributed by atoms with van der Waals surface area (Å²) >= 11 is 0. The van der Waals surface area contributed by atoms with Crippen molar-refractivity contribution in [3.8, 4) is 5.75 Å². The van der Waals surface area contributed by atoms with Crippen molar-refractivity contribution in [1.29, 1.82) is 0 Å². The number of nitro benzene ring substituents is 1. The van der Waals surface area contributed by atoms with Gasteiger partial charge in [-0.25, -0.2) is 5.43 Å². The van der Waals surface area contributed by atoms with Gasteiger partial charge in [0.1, 0.15) is 6.54 Å². The van der Waals surface area contributed by atoms with Crippen LogP contribution in [0.3, 0.4) is 0 Å². The summed E-state index contributed by atoms with van der Waals surface area (Å²) in [4.78, 5) is 37.0. The summed E-state index contributed by atoms with van der Waals surface area (Å²) in [6.07, 6.45) is 3.30. The van der Waals surface area contributed by atoms with Gasteiger partial charge in [0.15, 0.2) is 12.4 Å². The Morgan fingerprint density at radius 1 is 1.15 bits per heavy atom. The Labute approximate surface area is 194 Å². The molecule has 11 heteroatoms. The molecule has 0 spiro atoms. The van der Waals surface area contributed by atoms with E-state index in [1.165, 1.54) is 24.4 Å². The zero-order chi connectivity index (χ0) is 23.9. The maximum atomic E-state index is 12.7. The molecular weight excluding hydrogens is 442 g/mol. The van der Waals surface area contributed by atoms with E-state index in [1.807, 2.05) is 35.0 Å². The highest BCUT2D eigenvalue weighted by molar-refractivity contribution is 6.00. The van der Waals surface area contributed by atoms with Gasteiger partial charge in [0, 0.05) is 41.8 Å². The molecule has 0 unspecified atom stereocenters. The Bertz CT molecular complexity index is 1230. The first-order valence-corrected chi connectivity index (χ1v) is 10.6. The number of para-hydroxylation sites is 3. The lowest BCUT2D eigenvalue weighted by Crippen LogP contribution is -2.42. The van der Waals surface area contributed by atoms with E-state index in [9.17, 15) is 19.7 Å². The minimum atomic E-state index is -0.578. The number of ether oxygens (including phenoxy) is 2. The fraction of sp³-hybridized carbons (Fsp3) is 0.261. The summed E-state index contributed by atoms with van der Waals surface area (Å²) in [7, 11) is 0. The molecule has 0 bridgehead atoms. The largest absolute Gasteiger partial charge is 0.477 e. The van der Waals surface area contributed by atoms with Gasteiger partial charge in [-0.2, -0.15) is 5.10 Å². The minimum absolute atomic E-state index is 0.000338. The third-order valence-corrected chi connectivity index (χ3v) is 5.30. The van der Waals surface area contributed by atoms with E-state index in [1.54, 1.807) is 11.0 Å². The number of fused-ring (bicyclic) bond motifs is 1. The standard InChI is InChI=1S/C23H23N5O6/c29-22(16-34-21-8-4-3-7-20(21)28(31)32)25-24-13-17-14-27(19-6-2-1-5-18(17)19)15-23(30)26-9-11-33-12-10-26/h1-8,13-14H,9-12,15-16H2,(H,25,29)/b24-13+. The van der Waals surface area contributed by atoms with Crippen molar-refractivity contribution < 1.29 is 24.0 Å². The van der Waals surface area contributed by atoms with Crippen LogP contribution in [0.1, 0.15) is 5.56 Å². The number of benzene rings is 2. The second kappa shape index (κ2) is 10.6. The number of nitro groups is 1. The van der Waals surface area contributed by atoms with Gasteiger partial charge in [-0.1, -0.05) is 30.3 Å². The van der Waals surface area contributed by atoms with E-state index < -0.39 is 17.4 Å². The van der Waals surface area contributed by atoms with Crippen molar-refractivity contribution in [2.24, 2.45) is 5.10 Å². The van der Waals surface area contributed by atoms with Crippen LogP contribution in [0.25, 0.3) is 10.9 Å². The fourth-order valence-corrected chi connectivity index (χ4v) is 3.65. The van der Waals surface area contributed by atoms with Crippen LogP contribution in [-0.4, -0.2) is 65.3 Å². The van der Waals surface area contributed by atoms with Gasteiger partial charge in [-0.05, 0) is 12.1 Å². The molecule has 1 aliphatic heterocycles. The van der Waals surface area contributed by atoms with E-state index in [2.05, 4.69) is 10.5 Å². The maximum absolute atomic E-state index is 12.7. The van der Waals surface area contributed by atoms with Crippen LogP contribution < -0.4 is 10.2 Å². The van der Waals surface area contributed by atoms with E-state index in [4.69, 9.17) is 9.47 Å². The van der Waals surface area contributed by atoms with E-state index in [0.29, 0.717) is 26.3 Å². The highest BCUT2D eigenvalue weighted by Crippen LogP contribution is 2.25. The van der Waals surface area contributed by atoms with Crippen molar-refractivity contribution in [2.45, 2.75) is 6.54 Å². The molecule has 1 aliphatic rings. The van der Waals surface area contributed by atoms with Gasteiger partial charge in [-0.3, -0.25) is 19.7 Å². The van der Waals surface area contributed by atoms with Crippen molar-refractivity contribution in [3.05, 3.63) is 70.4 Å². The molecule has 2 aromatic carbocycles. The Hall–Kier alpha value is -4.25. The summed E-state index contributed by atoms with van der Waals surface area (Å²) in [5.74, 6) is -0.562. The predicted molar refractivity (Wildman–Crippen MR) is 124 cm³/mol. The average molecular weight is 465 g/mol.